The second kappa shape index (κ2) is 10.6. The Morgan fingerprint density at radius 2 is 0.963 bits per heavy atom. The Kier molecular flexibility index (Phi) is 7.89. The standard InChI is InChI=1S/3C7H7.C4H9O.Ti/c3*1-7-5-3-2-4-6-7;1-2-3-4-5;/h3*2-6H,1H2;2-4H2,1H3;/q;;;-1;+1. The fourth-order valence-corrected chi connectivity index (χ4v) is 10.2. The van der Waals surface area contributed by atoms with Gasteiger partial charge in [-0.3, -0.25) is 0 Å². The molecular formula is C25H30OTi. The molecule has 0 saturated heterocycles. The molecule has 3 rings (SSSR count). The molecule has 0 spiro atoms. The van der Waals surface area contributed by atoms with Crippen LogP contribution in [0.3, 0.4) is 0 Å². The Morgan fingerprint density at radius 3 is 1.30 bits per heavy atom. The molecule has 3 aromatic rings. The number of unbranched alkanes of at least 4 members (excludes halogenated alkanes) is 1. The molecule has 0 aliphatic rings. The predicted octanol–water partition coefficient (Wildman–Crippen LogP) is 6.47. The van der Waals surface area contributed by atoms with Crippen LogP contribution in [-0.4, -0.2) is 6.61 Å². The Balaban J connectivity index is 1.93. The quantitative estimate of drug-likeness (QED) is 0.283. The van der Waals surface area contributed by atoms with Gasteiger partial charge in [0.2, 0.25) is 0 Å². The normalized spacial score (nSPS) is 11.4. The number of benzene rings is 3. The number of hydrogen-bond acceptors (Lipinski definition) is 1. The molecular weight excluding hydrogens is 364 g/mol. The third-order valence-corrected chi connectivity index (χ3v) is 11.2. The van der Waals surface area contributed by atoms with Crippen molar-refractivity contribution in [3.05, 3.63) is 108 Å². The van der Waals surface area contributed by atoms with Gasteiger partial charge in [0, 0.05) is 0 Å². The third-order valence-electron chi connectivity index (χ3n) is 5.01. The van der Waals surface area contributed by atoms with Crippen LogP contribution in [0.15, 0.2) is 91.0 Å². The van der Waals surface area contributed by atoms with E-state index >= 15 is 0 Å². The molecule has 0 fully saturated rings. The molecule has 0 atom stereocenters. The first-order valence-corrected chi connectivity index (χ1v) is 14.0. The van der Waals surface area contributed by atoms with Gasteiger partial charge >= 0.3 is 169 Å². The molecule has 140 valence electrons. The molecule has 3 aromatic carbocycles. The average molecular weight is 394 g/mol. The van der Waals surface area contributed by atoms with Crippen molar-refractivity contribution < 1.29 is 20.3 Å². The molecule has 2 heteroatoms. The minimum atomic E-state index is -2.69. The van der Waals surface area contributed by atoms with Gasteiger partial charge in [-0.05, 0) is 0 Å². The van der Waals surface area contributed by atoms with E-state index < -0.39 is 17.0 Å². The molecule has 0 bridgehead atoms. The van der Waals surface area contributed by atoms with Crippen LogP contribution in [0.25, 0.3) is 0 Å². The van der Waals surface area contributed by atoms with Crippen LogP contribution in [0, 0.1) is 0 Å². The van der Waals surface area contributed by atoms with E-state index in [2.05, 4.69) is 97.9 Å². The van der Waals surface area contributed by atoms with E-state index in [1.54, 1.807) is 0 Å². The first-order chi connectivity index (χ1) is 13.3. The van der Waals surface area contributed by atoms with Crippen molar-refractivity contribution in [2.75, 3.05) is 6.61 Å². The molecule has 0 heterocycles. The van der Waals surface area contributed by atoms with Crippen LogP contribution in [0.4, 0.5) is 0 Å². The molecule has 0 amide bonds. The molecule has 0 aliphatic carbocycles. The summed E-state index contributed by atoms with van der Waals surface area (Å²) in [6.07, 6.45) is 2.33. The second-order valence-corrected chi connectivity index (χ2v) is 13.2. The van der Waals surface area contributed by atoms with E-state index in [4.69, 9.17) is 3.32 Å². The van der Waals surface area contributed by atoms with Crippen LogP contribution in [-0.2, 0) is 34.5 Å². The van der Waals surface area contributed by atoms with Gasteiger partial charge < -0.3 is 0 Å². The Bertz CT molecular complexity index is 670. The summed E-state index contributed by atoms with van der Waals surface area (Å²) < 4.78 is 10.2. The Labute approximate surface area is 168 Å². The molecule has 0 radical (unpaired) electrons. The molecule has 1 nitrogen and oxygen atoms in total. The van der Waals surface area contributed by atoms with Crippen molar-refractivity contribution in [3.8, 4) is 0 Å². The summed E-state index contributed by atoms with van der Waals surface area (Å²) in [5, 5.41) is 0. The van der Waals surface area contributed by atoms with Gasteiger partial charge in [-0.2, -0.15) is 0 Å². The number of hydrogen-bond donors (Lipinski definition) is 0. The monoisotopic (exact) mass is 394 g/mol. The molecule has 27 heavy (non-hydrogen) atoms. The van der Waals surface area contributed by atoms with Gasteiger partial charge in [-0.1, -0.05) is 0 Å². The SMILES string of the molecule is CCCC[O][Ti]([CH2]c1ccccc1)([CH2]c1ccccc1)[CH2]c1ccccc1. The maximum absolute atomic E-state index is 6.87. The Morgan fingerprint density at radius 1 is 0.593 bits per heavy atom. The summed E-state index contributed by atoms with van der Waals surface area (Å²) in [6, 6.07) is 32.8. The van der Waals surface area contributed by atoms with Crippen LogP contribution >= 0.6 is 0 Å². The van der Waals surface area contributed by atoms with E-state index in [9.17, 15) is 0 Å². The molecule has 0 aromatic heterocycles. The van der Waals surface area contributed by atoms with Crippen molar-refractivity contribution in [2.45, 2.75) is 33.9 Å². The van der Waals surface area contributed by atoms with Crippen LogP contribution < -0.4 is 0 Å². The van der Waals surface area contributed by atoms with E-state index in [-0.39, 0.29) is 0 Å². The molecule has 0 N–H and O–H groups in total. The van der Waals surface area contributed by atoms with E-state index in [0.717, 1.165) is 27.2 Å². The van der Waals surface area contributed by atoms with Crippen molar-refractivity contribution in [1.29, 1.82) is 0 Å². The van der Waals surface area contributed by atoms with E-state index in [1.165, 1.54) is 23.1 Å². The topological polar surface area (TPSA) is 9.23 Å². The summed E-state index contributed by atoms with van der Waals surface area (Å²) >= 11 is -2.69. The first kappa shape index (κ1) is 20.1. The second-order valence-electron chi connectivity index (χ2n) is 7.37. The molecule has 0 saturated carbocycles. The van der Waals surface area contributed by atoms with Crippen LogP contribution in [0.2, 0.25) is 0 Å². The van der Waals surface area contributed by atoms with Crippen molar-refractivity contribution in [3.63, 3.8) is 0 Å². The fourth-order valence-electron chi connectivity index (χ4n) is 3.68. The average Bonchev–Trinajstić information content (AvgIpc) is 2.70. The number of rotatable bonds is 10. The van der Waals surface area contributed by atoms with Crippen LogP contribution in [0.5, 0.6) is 0 Å². The van der Waals surface area contributed by atoms with Crippen molar-refractivity contribution in [2.24, 2.45) is 0 Å². The first-order valence-electron chi connectivity index (χ1n) is 10.1. The minimum absolute atomic E-state index is 0.892. The van der Waals surface area contributed by atoms with E-state index in [1.807, 2.05) is 0 Å². The fraction of sp³-hybridized carbons (Fsp3) is 0.280. The summed E-state index contributed by atoms with van der Waals surface area (Å²) in [7, 11) is 0. The van der Waals surface area contributed by atoms with Crippen molar-refractivity contribution >= 4 is 0 Å². The maximum atomic E-state index is 6.87. The van der Waals surface area contributed by atoms with Gasteiger partial charge in [-0.25, -0.2) is 0 Å². The van der Waals surface area contributed by atoms with Gasteiger partial charge in [0.05, 0.1) is 0 Å². The van der Waals surface area contributed by atoms with Crippen molar-refractivity contribution in [1.82, 2.24) is 0 Å². The van der Waals surface area contributed by atoms with E-state index in [0.29, 0.717) is 0 Å². The van der Waals surface area contributed by atoms with Crippen LogP contribution in [0.1, 0.15) is 36.5 Å². The zero-order valence-electron chi connectivity index (χ0n) is 16.3. The summed E-state index contributed by atoms with van der Waals surface area (Å²) in [5.74, 6) is 0. The van der Waals surface area contributed by atoms with Gasteiger partial charge in [0.25, 0.3) is 0 Å². The Hall–Kier alpha value is -1.67. The summed E-state index contributed by atoms with van der Waals surface area (Å²) in [6.45, 7) is 3.13. The summed E-state index contributed by atoms with van der Waals surface area (Å²) in [5.41, 5.74) is 4.25. The zero-order valence-corrected chi connectivity index (χ0v) is 17.9. The predicted molar refractivity (Wildman–Crippen MR) is 111 cm³/mol. The van der Waals surface area contributed by atoms with Gasteiger partial charge in [0.15, 0.2) is 0 Å². The zero-order chi connectivity index (χ0) is 18.8. The summed E-state index contributed by atoms with van der Waals surface area (Å²) in [4.78, 5) is 0. The molecule has 0 aliphatic heterocycles. The van der Waals surface area contributed by atoms with Gasteiger partial charge in [-0.15, -0.1) is 0 Å². The molecule has 0 unspecified atom stereocenters. The van der Waals surface area contributed by atoms with Gasteiger partial charge in [0.1, 0.15) is 0 Å². The third kappa shape index (κ3) is 6.46.